The Morgan fingerprint density at radius 2 is 1.24 bits per heavy atom. The summed E-state index contributed by atoms with van der Waals surface area (Å²) < 4.78 is 4.63. The number of hydrogen-bond donors (Lipinski definition) is 1. The number of aliphatic imine (C=N–C) groups is 1. The minimum Gasteiger partial charge on any atom is -0.506 e. The van der Waals surface area contributed by atoms with Gasteiger partial charge in [0.25, 0.3) is 5.78 Å². The van der Waals surface area contributed by atoms with Gasteiger partial charge in [-0.1, -0.05) is 78.9 Å². The molecule has 0 amide bonds. The van der Waals surface area contributed by atoms with Gasteiger partial charge in [-0.25, -0.2) is 9.79 Å². The summed E-state index contributed by atoms with van der Waals surface area (Å²) >= 11 is 0. The molecule has 0 aliphatic carbocycles. The van der Waals surface area contributed by atoms with Crippen molar-refractivity contribution in [3.05, 3.63) is 108 Å². The third-order valence-electron chi connectivity index (χ3n) is 4.16. The van der Waals surface area contributed by atoms with Crippen LogP contribution < -0.4 is 0 Å². The van der Waals surface area contributed by atoms with Crippen LogP contribution in [0.25, 0.3) is 5.76 Å². The number of carbonyl (C=O) groups is 2. The second kappa shape index (κ2) is 9.28. The third kappa shape index (κ3) is 4.65. The van der Waals surface area contributed by atoms with Crippen molar-refractivity contribution in [2.24, 2.45) is 4.99 Å². The van der Waals surface area contributed by atoms with Crippen LogP contribution in [0.4, 0.5) is 5.69 Å². The molecule has 3 aromatic rings. The van der Waals surface area contributed by atoms with Crippen molar-refractivity contribution < 1.29 is 19.4 Å². The summed E-state index contributed by atoms with van der Waals surface area (Å²) in [6.45, 7) is 0. The van der Waals surface area contributed by atoms with Crippen molar-refractivity contribution in [1.29, 1.82) is 0 Å². The molecule has 3 rings (SSSR count). The van der Waals surface area contributed by atoms with Crippen molar-refractivity contribution in [3.8, 4) is 0 Å². The number of ketones is 1. The first-order chi connectivity index (χ1) is 14.1. The number of methoxy groups -OCH3 is 1. The standard InChI is InChI=1S/C24H19NO4/c1-29-24(28)23(27)20(22(26)18-13-7-3-8-14-18)21(17-11-5-2-6-12-17)25-19-15-9-4-10-16-19/h2-16,26H,1H3/b22-20+,25-21?. The maximum absolute atomic E-state index is 12.9. The zero-order valence-corrected chi connectivity index (χ0v) is 15.8. The highest BCUT2D eigenvalue weighted by atomic mass is 16.5. The number of benzene rings is 3. The quantitative estimate of drug-likeness (QED) is 0.223. The fourth-order valence-electron chi connectivity index (χ4n) is 2.75. The summed E-state index contributed by atoms with van der Waals surface area (Å²) in [5.41, 5.74) is 1.48. The van der Waals surface area contributed by atoms with Crippen LogP contribution in [-0.4, -0.2) is 29.7 Å². The maximum atomic E-state index is 12.9. The molecule has 29 heavy (non-hydrogen) atoms. The predicted molar refractivity (Wildman–Crippen MR) is 112 cm³/mol. The van der Waals surface area contributed by atoms with Crippen molar-refractivity contribution in [3.63, 3.8) is 0 Å². The molecule has 0 saturated heterocycles. The van der Waals surface area contributed by atoms with Crippen LogP contribution in [0.2, 0.25) is 0 Å². The molecule has 0 spiro atoms. The molecule has 0 heterocycles. The van der Waals surface area contributed by atoms with Crippen molar-refractivity contribution in [1.82, 2.24) is 0 Å². The molecule has 0 fully saturated rings. The Bertz CT molecular complexity index is 1060. The SMILES string of the molecule is COC(=O)C(=O)/C(C(=Nc1ccccc1)c1ccccc1)=C(/O)c1ccccc1. The second-order valence-electron chi connectivity index (χ2n) is 6.07. The average Bonchev–Trinajstić information content (AvgIpc) is 2.79. The molecular weight excluding hydrogens is 366 g/mol. The average molecular weight is 385 g/mol. The molecule has 0 aromatic heterocycles. The van der Waals surface area contributed by atoms with Gasteiger partial charge in [-0.3, -0.25) is 4.79 Å². The lowest BCUT2D eigenvalue weighted by molar-refractivity contribution is -0.149. The zero-order chi connectivity index (χ0) is 20.6. The van der Waals surface area contributed by atoms with E-state index in [2.05, 4.69) is 9.73 Å². The molecule has 0 aliphatic rings. The first-order valence-electron chi connectivity index (χ1n) is 8.92. The number of esters is 1. The summed E-state index contributed by atoms with van der Waals surface area (Å²) in [5.74, 6) is -2.41. The van der Waals surface area contributed by atoms with E-state index in [1.165, 1.54) is 0 Å². The lowest BCUT2D eigenvalue weighted by Crippen LogP contribution is -2.25. The number of aliphatic hydroxyl groups is 1. The Hall–Kier alpha value is -3.99. The molecule has 0 radical (unpaired) electrons. The minimum atomic E-state index is -1.08. The van der Waals surface area contributed by atoms with Crippen LogP contribution in [0.15, 0.2) is 102 Å². The number of Topliss-reactive ketones (excluding diaryl/α,β-unsaturated/α-hetero) is 1. The summed E-state index contributed by atoms with van der Waals surface area (Å²) in [6, 6.07) is 26.4. The molecule has 0 bridgehead atoms. The normalized spacial score (nSPS) is 12.1. The fraction of sp³-hybridized carbons (Fsp3) is 0.0417. The van der Waals surface area contributed by atoms with E-state index >= 15 is 0 Å². The van der Waals surface area contributed by atoms with Crippen LogP contribution in [0.3, 0.4) is 0 Å². The van der Waals surface area contributed by atoms with E-state index in [1.807, 2.05) is 24.3 Å². The molecule has 5 heteroatoms. The van der Waals surface area contributed by atoms with Gasteiger partial charge in [-0.15, -0.1) is 0 Å². The number of aliphatic hydroxyl groups excluding tert-OH is 1. The molecule has 144 valence electrons. The van der Waals surface area contributed by atoms with E-state index in [4.69, 9.17) is 0 Å². The minimum absolute atomic E-state index is 0.175. The molecule has 0 unspecified atom stereocenters. The van der Waals surface area contributed by atoms with Gasteiger partial charge >= 0.3 is 5.97 Å². The number of rotatable bonds is 6. The van der Waals surface area contributed by atoms with Crippen LogP contribution in [0.1, 0.15) is 11.1 Å². The molecule has 5 nitrogen and oxygen atoms in total. The molecule has 1 N–H and O–H groups in total. The molecule has 0 atom stereocenters. The number of hydrogen-bond acceptors (Lipinski definition) is 5. The summed E-state index contributed by atoms with van der Waals surface area (Å²) in [5, 5.41) is 11.0. The molecular formula is C24H19NO4. The van der Waals surface area contributed by atoms with Gasteiger partial charge in [-0.2, -0.15) is 0 Å². The van der Waals surface area contributed by atoms with E-state index < -0.39 is 11.8 Å². The van der Waals surface area contributed by atoms with E-state index in [-0.39, 0.29) is 17.0 Å². The van der Waals surface area contributed by atoms with Gasteiger partial charge in [0.1, 0.15) is 5.76 Å². The van der Waals surface area contributed by atoms with Gasteiger partial charge in [0.2, 0.25) is 0 Å². The number of ether oxygens (including phenoxy) is 1. The van der Waals surface area contributed by atoms with E-state index in [1.54, 1.807) is 66.7 Å². The van der Waals surface area contributed by atoms with E-state index in [0.29, 0.717) is 16.8 Å². The second-order valence-corrected chi connectivity index (χ2v) is 6.07. The highest BCUT2D eigenvalue weighted by Gasteiger charge is 2.29. The largest absolute Gasteiger partial charge is 0.506 e. The van der Waals surface area contributed by atoms with Gasteiger partial charge in [0.15, 0.2) is 0 Å². The first kappa shape index (κ1) is 19.8. The van der Waals surface area contributed by atoms with Crippen molar-refractivity contribution in [2.75, 3.05) is 7.11 Å². The zero-order valence-electron chi connectivity index (χ0n) is 15.8. The predicted octanol–water partition coefficient (Wildman–Crippen LogP) is 4.52. The highest BCUT2D eigenvalue weighted by molar-refractivity contribution is 6.51. The molecule has 0 aliphatic heterocycles. The Morgan fingerprint density at radius 3 is 1.76 bits per heavy atom. The van der Waals surface area contributed by atoms with Gasteiger partial charge < -0.3 is 9.84 Å². The Morgan fingerprint density at radius 1 is 0.759 bits per heavy atom. The summed E-state index contributed by atoms with van der Waals surface area (Å²) in [7, 11) is 1.12. The lowest BCUT2D eigenvalue weighted by Gasteiger charge is -2.13. The van der Waals surface area contributed by atoms with Gasteiger partial charge in [0, 0.05) is 11.1 Å². The fourth-order valence-corrected chi connectivity index (χ4v) is 2.75. The number of para-hydroxylation sites is 1. The Kier molecular flexibility index (Phi) is 6.32. The van der Waals surface area contributed by atoms with E-state index in [9.17, 15) is 14.7 Å². The highest BCUT2D eigenvalue weighted by Crippen LogP contribution is 2.24. The van der Waals surface area contributed by atoms with E-state index in [0.717, 1.165) is 7.11 Å². The Balaban J connectivity index is 2.30. The number of carbonyl (C=O) groups excluding carboxylic acids is 2. The first-order valence-corrected chi connectivity index (χ1v) is 8.92. The van der Waals surface area contributed by atoms with Crippen LogP contribution >= 0.6 is 0 Å². The van der Waals surface area contributed by atoms with Crippen molar-refractivity contribution >= 4 is 28.9 Å². The molecule has 0 saturated carbocycles. The van der Waals surface area contributed by atoms with Crippen LogP contribution in [0.5, 0.6) is 0 Å². The van der Waals surface area contributed by atoms with Gasteiger partial charge in [0.05, 0.1) is 24.1 Å². The third-order valence-corrected chi connectivity index (χ3v) is 4.16. The monoisotopic (exact) mass is 385 g/mol. The summed E-state index contributed by atoms with van der Waals surface area (Å²) in [6.07, 6.45) is 0. The summed E-state index contributed by atoms with van der Waals surface area (Å²) in [4.78, 5) is 29.6. The number of nitrogens with zero attached hydrogens (tertiary/aromatic N) is 1. The van der Waals surface area contributed by atoms with Gasteiger partial charge in [-0.05, 0) is 12.1 Å². The van der Waals surface area contributed by atoms with Crippen LogP contribution in [0, 0.1) is 0 Å². The Labute approximate surface area is 168 Å². The van der Waals surface area contributed by atoms with Crippen molar-refractivity contribution in [2.45, 2.75) is 0 Å². The molecule has 3 aromatic carbocycles. The smallest absolute Gasteiger partial charge is 0.379 e. The van der Waals surface area contributed by atoms with Crippen LogP contribution in [-0.2, 0) is 14.3 Å². The topological polar surface area (TPSA) is 76.0 Å². The lowest BCUT2D eigenvalue weighted by atomic mass is 9.95. The maximum Gasteiger partial charge on any atom is 0.379 e.